The predicted octanol–water partition coefficient (Wildman–Crippen LogP) is 4.13. The Kier molecular flexibility index (Phi) is 4.04. The van der Waals surface area contributed by atoms with E-state index in [4.69, 9.17) is 10.7 Å². The summed E-state index contributed by atoms with van der Waals surface area (Å²) in [5.41, 5.74) is 7.93. The maximum Gasteiger partial charge on any atom is 0.185 e. The normalized spacial score (nSPS) is 31.8. The first-order valence-electron chi connectivity index (χ1n) is 8.34. The van der Waals surface area contributed by atoms with Crippen LogP contribution in [0.1, 0.15) is 69.5 Å². The van der Waals surface area contributed by atoms with E-state index in [1.807, 2.05) is 11.3 Å². The molecule has 21 heavy (non-hydrogen) atoms. The number of anilines is 1. The molecule has 1 heterocycles. The van der Waals surface area contributed by atoms with Crippen molar-refractivity contribution in [2.45, 2.75) is 71.4 Å². The molecule has 0 amide bonds. The highest BCUT2D eigenvalue weighted by atomic mass is 32.1. The number of hydrogen-bond donors (Lipinski definition) is 1. The smallest absolute Gasteiger partial charge is 0.185 e. The Morgan fingerprint density at radius 3 is 2.57 bits per heavy atom. The monoisotopic (exact) mass is 307 g/mol. The summed E-state index contributed by atoms with van der Waals surface area (Å²) in [4.78, 5) is 8.71. The third-order valence-corrected chi connectivity index (χ3v) is 6.63. The van der Waals surface area contributed by atoms with Crippen molar-refractivity contribution in [3.63, 3.8) is 0 Å². The van der Waals surface area contributed by atoms with E-state index in [0.29, 0.717) is 6.04 Å². The highest BCUT2D eigenvalue weighted by Crippen LogP contribution is 2.44. The summed E-state index contributed by atoms with van der Waals surface area (Å²) in [6, 6.07) is 0.841. The van der Waals surface area contributed by atoms with Crippen LogP contribution in [0.2, 0.25) is 0 Å². The average Bonchev–Trinajstić information content (AvgIpc) is 2.81. The third-order valence-electron chi connectivity index (χ3n) is 5.31. The molecule has 2 N–H and O–H groups in total. The van der Waals surface area contributed by atoms with Gasteiger partial charge in [0.1, 0.15) is 0 Å². The molecule has 0 radical (unpaired) electrons. The SMILES string of the molecule is CC1CCC(N(C)c2nc3c(s2)C(N)CC(C)(C)C3)CC1. The summed E-state index contributed by atoms with van der Waals surface area (Å²) in [6.07, 6.45) is 7.46. The molecule has 1 aromatic rings. The van der Waals surface area contributed by atoms with Gasteiger partial charge in [0, 0.05) is 24.0 Å². The molecule has 1 fully saturated rings. The largest absolute Gasteiger partial charge is 0.348 e. The molecule has 118 valence electrons. The maximum atomic E-state index is 6.38. The van der Waals surface area contributed by atoms with Gasteiger partial charge < -0.3 is 10.6 Å². The van der Waals surface area contributed by atoms with Gasteiger partial charge in [-0.3, -0.25) is 0 Å². The molecule has 0 aromatic carbocycles. The van der Waals surface area contributed by atoms with E-state index in [1.54, 1.807) is 0 Å². The van der Waals surface area contributed by atoms with E-state index in [-0.39, 0.29) is 11.5 Å². The zero-order valence-corrected chi connectivity index (χ0v) is 14.7. The molecule has 2 aliphatic rings. The van der Waals surface area contributed by atoms with Gasteiger partial charge in [0.2, 0.25) is 0 Å². The van der Waals surface area contributed by atoms with Crippen molar-refractivity contribution in [1.29, 1.82) is 0 Å². The summed E-state index contributed by atoms with van der Waals surface area (Å²) in [6.45, 7) is 6.99. The van der Waals surface area contributed by atoms with Gasteiger partial charge in [0.05, 0.1) is 5.69 Å². The number of fused-ring (bicyclic) bond motifs is 1. The Bertz CT molecular complexity index is 500. The van der Waals surface area contributed by atoms with Gasteiger partial charge in [0.15, 0.2) is 5.13 Å². The van der Waals surface area contributed by atoms with E-state index in [0.717, 1.165) is 18.8 Å². The van der Waals surface area contributed by atoms with Gasteiger partial charge in [-0.15, -0.1) is 0 Å². The lowest BCUT2D eigenvalue weighted by atomic mass is 9.77. The van der Waals surface area contributed by atoms with Crippen molar-refractivity contribution in [3.05, 3.63) is 10.6 Å². The van der Waals surface area contributed by atoms with Crippen LogP contribution >= 0.6 is 11.3 Å². The molecule has 0 bridgehead atoms. The third kappa shape index (κ3) is 3.11. The number of rotatable bonds is 2. The maximum absolute atomic E-state index is 6.38. The second-order valence-electron chi connectivity index (χ2n) is 7.98. The standard InChI is InChI=1S/C17H29N3S/c1-11-5-7-12(8-6-11)20(4)16-19-14-10-17(2,3)9-13(18)15(14)21-16/h11-13H,5-10,18H2,1-4H3. The summed E-state index contributed by atoms with van der Waals surface area (Å²) >= 11 is 1.84. The Morgan fingerprint density at radius 1 is 1.24 bits per heavy atom. The summed E-state index contributed by atoms with van der Waals surface area (Å²) in [7, 11) is 2.22. The van der Waals surface area contributed by atoms with Gasteiger partial charge in [-0.1, -0.05) is 32.1 Å². The number of aromatic nitrogens is 1. The molecule has 1 unspecified atom stereocenters. The van der Waals surface area contributed by atoms with E-state index in [2.05, 4.69) is 32.7 Å². The van der Waals surface area contributed by atoms with Crippen LogP contribution in [-0.2, 0) is 6.42 Å². The minimum atomic E-state index is 0.176. The Balaban J connectivity index is 1.78. The quantitative estimate of drug-likeness (QED) is 0.893. The molecule has 3 rings (SSSR count). The molecule has 2 aliphatic carbocycles. The fourth-order valence-corrected chi connectivity index (χ4v) is 5.03. The number of nitrogens with two attached hydrogens (primary N) is 1. The van der Waals surface area contributed by atoms with Crippen molar-refractivity contribution in [3.8, 4) is 0 Å². The first-order chi connectivity index (χ1) is 9.85. The highest BCUT2D eigenvalue weighted by molar-refractivity contribution is 7.15. The first kappa shape index (κ1) is 15.3. The van der Waals surface area contributed by atoms with Gasteiger partial charge in [-0.2, -0.15) is 0 Å². The number of nitrogens with zero attached hydrogens (tertiary/aromatic N) is 2. The van der Waals surface area contributed by atoms with Crippen molar-refractivity contribution in [2.24, 2.45) is 17.1 Å². The van der Waals surface area contributed by atoms with Gasteiger partial charge in [0.25, 0.3) is 0 Å². The van der Waals surface area contributed by atoms with Gasteiger partial charge >= 0.3 is 0 Å². The van der Waals surface area contributed by atoms with Crippen LogP contribution in [0.3, 0.4) is 0 Å². The zero-order valence-electron chi connectivity index (χ0n) is 13.9. The second kappa shape index (κ2) is 5.54. The Labute approximate surface area is 132 Å². The van der Waals surface area contributed by atoms with Crippen molar-refractivity contribution < 1.29 is 0 Å². The average molecular weight is 308 g/mol. The van der Waals surface area contributed by atoms with E-state index >= 15 is 0 Å². The van der Waals surface area contributed by atoms with E-state index in [9.17, 15) is 0 Å². The molecule has 0 aliphatic heterocycles. The Hall–Kier alpha value is -0.610. The minimum Gasteiger partial charge on any atom is -0.348 e. The zero-order chi connectivity index (χ0) is 15.2. The lowest BCUT2D eigenvalue weighted by molar-refractivity contribution is 0.282. The van der Waals surface area contributed by atoms with Crippen LogP contribution in [-0.4, -0.2) is 18.1 Å². The van der Waals surface area contributed by atoms with Crippen molar-refractivity contribution >= 4 is 16.5 Å². The Morgan fingerprint density at radius 2 is 1.90 bits per heavy atom. The molecule has 3 nitrogen and oxygen atoms in total. The van der Waals surface area contributed by atoms with Crippen LogP contribution in [0.25, 0.3) is 0 Å². The van der Waals surface area contributed by atoms with Crippen LogP contribution in [0.15, 0.2) is 0 Å². The lowest BCUT2D eigenvalue weighted by Crippen LogP contribution is -2.34. The summed E-state index contributed by atoms with van der Waals surface area (Å²) in [5, 5.41) is 1.19. The molecule has 4 heteroatoms. The molecule has 0 saturated heterocycles. The molecule has 1 atom stereocenters. The number of hydrogen-bond acceptors (Lipinski definition) is 4. The van der Waals surface area contributed by atoms with Crippen LogP contribution in [0.4, 0.5) is 5.13 Å². The van der Waals surface area contributed by atoms with Crippen LogP contribution in [0, 0.1) is 11.3 Å². The summed E-state index contributed by atoms with van der Waals surface area (Å²) in [5.74, 6) is 0.897. The molecular weight excluding hydrogens is 278 g/mol. The predicted molar refractivity (Wildman–Crippen MR) is 91.0 cm³/mol. The molecule has 0 spiro atoms. The second-order valence-corrected chi connectivity index (χ2v) is 8.99. The lowest BCUT2D eigenvalue weighted by Gasteiger charge is -2.33. The minimum absolute atomic E-state index is 0.176. The fraction of sp³-hybridized carbons (Fsp3) is 0.824. The van der Waals surface area contributed by atoms with Crippen LogP contribution in [0.5, 0.6) is 0 Å². The van der Waals surface area contributed by atoms with Crippen LogP contribution < -0.4 is 10.6 Å². The molecular formula is C17H29N3S. The fourth-order valence-electron chi connectivity index (χ4n) is 3.92. The van der Waals surface area contributed by atoms with E-state index in [1.165, 1.54) is 41.4 Å². The molecule has 1 aromatic heterocycles. The summed E-state index contributed by atoms with van der Waals surface area (Å²) < 4.78 is 0. The first-order valence-corrected chi connectivity index (χ1v) is 9.15. The molecule has 1 saturated carbocycles. The topological polar surface area (TPSA) is 42.2 Å². The van der Waals surface area contributed by atoms with Crippen molar-refractivity contribution in [1.82, 2.24) is 4.98 Å². The van der Waals surface area contributed by atoms with Crippen molar-refractivity contribution in [2.75, 3.05) is 11.9 Å². The van der Waals surface area contributed by atoms with E-state index < -0.39 is 0 Å². The number of thiazole rings is 1. The highest BCUT2D eigenvalue weighted by Gasteiger charge is 2.34. The van der Waals surface area contributed by atoms with Gasteiger partial charge in [-0.05, 0) is 49.9 Å². The van der Waals surface area contributed by atoms with Gasteiger partial charge in [-0.25, -0.2) is 4.98 Å².